The molecule has 0 saturated carbocycles. The van der Waals surface area contributed by atoms with Gasteiger partial charge < -0.3 is 0 Å². The molecule has 1 amide bonds. The second kappa shape index (κ2) is 4.64. The van der Waals surface area contributed by atoms with Crippen LogP contribution in [-0.4, -0.2) is 20.9 Å². The summed E-state index contributed by atoms with van der Waals surface area (Å²) in [5, 5.41) is 0. The highest BCUT2D eigenvalue weighted by Crippen LogP contribution is 2.25. The molecule has 0 atom stereocenters. The molecule has 0 radical (unpaired) electrons. The van der Waals surface area contributed by atoms with E-state index in [4.69, 9.17) is 0 Å². The van der Waals surface area contributed by atoms with Crippen molar-refractivity contribution in [1.29, 1.82) is 0 Å². The maximum atomic E-state index is 11.7. The van der Waals surface area contributed by atoms with E-state index in [1.807, 2.05) is 47.2 Å². The van der Waals surface area contributed by atoms with Crippen LogP contribution in [0.5, 0.6) is 0 Å². The lowest BCUT2D eigenvalue weighted by Gasteiger charge is -2.14. The number of carbonyl (C=O) groups excluding carboxylic acids is 1. The normalized spacial score (nSPS) is 17.0. The lowest BCUT2D eigenvalue weighted by Crippen LogP contribution is -2.29. The van der Waals surface area contributed by atoms with Crippen LogP contribution < -0.4 is 9.03 Å². The van der Waals surface area contributed by atoms with Gasteiger partial charge in [0.1, 0.15) is 6.54 Å². The standard InChI is InChI=1S/C14H12N2O3S/c17-14-10-16(20(18,19)15-14)13-8-6-12(7-9-13)11-4-2-1-3-5-11/h1-9H,10H2,(H,15,17). The largest absolute Gasteiger partial charge is 0.326 e. The van der Waals surface area contributed by atoms with Crippen molar-refractivity contribution in [2.24, 2.45) is 0 Å². The molecule has 0 unspecified atom stereocenters. The van der Waals surface area contributed by atoms with Crippen LogP contribution in [0.15, 0.2) is 54.6 Å². The van der Waals surface area contributed by atoms with Gasteiger partial charge in [-0.2, -0.15) is 8.42 Å². The van der Waals surface area contributed by atoms with E-state index in [9.17, 15) is 13.2 Å². The first kappa shape index (κ1) is 12.7. The van der Waals surface area contributed by atoms with Crippen molar-refractivity contribution in [3.05, 3.63) is 54.6 Å². The van der Waals surface area contributed by atoms with Gasteiger partial charge in [0, 0.05) is 0 Å². The minimum atomic E-state index is -3.73. The third kappa shape index (κ3) is 2.25. The number of hydrogen-bond acceptors (Lipinski definition) is 3. The summed E-state index contributed by atoms with van der Waals surface area (Å²) >= 11 is 0. The Bertz CT molecular complexity index is 740. The van der Waals surface area contributed by atoms with Crippen molar-refractivity contribution in [2.75, 3.05) is 10.8 Å². The molecule has 6 heteroatoms. The van der Waals surface area contributed by atoms with Gasteiger partial charge in [-0.3, -0.25) is 4.79 Å². The molecule has 0 bridgehead atoms. The minimum Gasteiger partial charge on any atom is -0.272 e. The molecule has 3 rings (SSSR count). The average Bonchev–Trinajstić information content (AvgIpc) is 2.73. The van der Waals surface area contributed by atoms with Crippen molar-refractivity contribution in [3.63, 3.8) is 0 Å². The number of hydrogen-bond donors (Lipinski definition) is 1. The third-order valence-corrected chi connectivity index (χ3v) is 4.49. The summed E-state index contributed by atoms with van der Waals surface area (Å²) in [6.45, 7) is -0.174. The van der Waals surface area contributed by atoms with Gasteiger partial charge in [0.05, 0.1) is 5.69 Å². The topological polar surface area (TPSA) is 66.5 Å². The van der Waals surface area contributed by atoms with Crippen LogP contribution in [0.4, 0.5) is 5.69 Å². The van der Waals surface area contributed by atoms with Crippen LogP contribution in [-0.2, 0) is 15.0 Å². The van der Waals surface area contributed by atoms with Gasteiger partial charge in [-0.15, -0.1) is 0 Å². The fraction of sp³-hybridized carbons (Fsp3) is 0.0714. The summed E-state index contributed by atoms with van der Waals surface area (Å²) in [4.78, 5) is 11.2. The molecule has 1 aliphatic heterocycles. The van der Waals surface area contributed by atoms with Crippen molar-refractivity contribution in [2.45, 2.75) is 0 Å². The maximum absolute atomic E-state index is 11.7. The van der Waals surface area contributed by atoms with E-state index in [1.165, 1.54) is 0 Å². The Balaban J connectivity index is 1.93. The molecule has 5 nitrogen and oxygen atoms in total. The molecule has 20 heavy (non-hydrogen) atoms. The molecular weight excluding hydrogens is 276 g/mol. The Hall–Kier alpha value is -2.34. The quantitative estimate of drug-likeness (QED) is 0.911. The predicted molar refractivity (Wildman–Crippen MR) is 76.3 cm³/mol. The van der Waals surface area contributed by atoms with E-state index in [1.54, 1.807) is 12.1 Å². The molecule has 2 aromatic rings. The molecule has 1 saturated heterocycles. The van der Waals surface area contributed by atoms with Crippen LogP contribution in [0, 0.1) is 0 Å². The van der Waals surface area contributed by atoms with E-state index in [2.05, 4.69) is 0 Å². The second-order valence-corrected chi connectivity index (χ2v) is 6.04. The number of nitrogens with zero attached hydrogens (tertiary/aromatic N) is 1. The van der Waals surface area contributed by atoms with Gasteiger partial charge in [-0.1, -0.05) is 42.5 Å². The number of carbonyl (C=O) groups is 1. The Labute approximate surface area is 117 Å². The number of anilines is 1. The first-order valence-corrected chi connectivity index (χ1v) is 7.49. The molecule has 0 aromatic heterocycles. The predicted octanol–water partition coefficient (Wildman–Crippen LogP) is 1.53. The summed E-state index contributed by atoms with van der Waals surface area (Å²) in [6.07, 6.45) is 0. The number of amides is 1. The molecule has 0 aliphatic carbocycles. The molecule has 1 aliphatic rings. The molecular formula is C14H12N2O3S. The maximum Gasteiger partial charge on any atom is 0.326 e. The van der Waals surface area contributed by atoms with Gasteiger partial charge in [0.2, 0.25) is 0 Å². The zero-order valence-electron chi connectivity index (χ0n) is 10.5. The summed E-state index contributed by atoms with van der Waals surface area (Å²) in [6, 6.07) is 16.8. The Morgan fingerprint density at radius 3 is 2.05 bits per heavy atom. The Morgan fingerprint density at radius 2 is 1.50 bits per heavy atom. The highest BCUT2D eigenvalue weighted by Gasteiger charge is 2.33. The highest BCUT2D eigenvalue weighted by molar-refractivity contribution is 7.92. The summed E-state index contributed by atoms with van der Waals surface area (Å²) < 4.78 is 26.4. The molecule has 1 fully saturated rings. The van der Waals surface area contributed by atoms with Gasteiger partial charge >= 0.3 is 10.2 Å². The second-order valence-electron chi connectivity index (χ2n) is 4.45. The first-order valence-electron chi connectivity index (χ1n) is 6.05. The fourth-order valence-electron chi connectivity index (χ4n) is 2.13. The summed E-state index contributed by atoms with van der Waals surface area (Å²) in [7, 11) is -3.73. The van der Waals surface area contributed by atoms with Gasteiger partial charge in [0.15, 0.2) is 0 Å². The third-order valence-electron chi connectivity index (χ3n) is 3.08. The fourth-order valence-corrected chi connectivity index (χ4v) is 3.28. The lowest BCUT2D eigenvalue weighted by atomic mass is 10.1. The zero-order chi connectivity index (χ0) is 14.2. The molecule has 1 N–H and O–H groups in total. The molecule has 1 heterocycles. The summed E-state index contributed by atoms with van der Waals surface area (Å²) in [5.74, 6) is -0.517. The van der Waals surface area contributed by atoms with E-state index >= 15 is 0 Å². The minimum absolute atomic E-state index is 0.174. The van der Waals surface area contributed by atoms with E-state index in [-0.39, 0.29) is 6.54 Å². The van der Waals surface area contributed by atoms with Crippen LogP contribution in [0.3, 0.4) is 0 Å². The van der Waals surface area contributed by atoms with E-state index < -0.39 is 16.1 Å². The van der Waals surface area contributed by atoms with Crippen LogP contribution >= 0.6 is 0 Å². The lowest BCUT2D eigenvalue weighted by molar-refractivity contribution is -0.117. The van der Waals surface area contributed by atoms with Gasteiger partial charge in [-0.05, 0) is 23.3 Å². The molecule has 102 valence electrons. The highest BCUT2D eigenvalue weighted by atomic mass is 32.2. The van der Waals surface area contributed by atoms with Crippen molar-refractivity contribution in [3.8, 4) is 11.1 Å². The number of nitrogens with one attached hydrogen (secondary N) is 1. The first-order chi connectivity index (χ1) is 9.56. The molecule has 2 aromatic carbocycles. The monoisotopic (exact) mass is 288 g/mol. The Kier molecular flexibility index (Phi) is 2.94. The Morgan fingerprint density at radius 1 is 0.900 bits per heavy atom. The van der Waals surface area contributed by atoms with Crippen molar-refractivity contribution in [1.82, 2.24) is 4.72 Å². The molecule has 0 spiro atoms. The van der Waals surface area contributed by atoms with Gasteiger partial charge in [-0.25, -0.2) is 9.03 Å². The van der Waals surface area contributed by atoms with Crippen LogP contribution in [0.1, 0.15) is 0 Å². The van der Waals surface area contributed by atoms with E-state index in [0.29, 0.717) is 5.69 Å². The van der Waals surface area contributed by atoms with Crippen LogP contribution in [0.2, 0.25) is 0 Å². The van der Waals surface area contributed by atoms with Crippen molar-refractivity contribution < 1.29 is 13.2 Å². The number of rotatable bonds is 2. The van der Waals surface area contributed by atoms with E-state index in [0.717, 1.165) is 15.4 Å². The average molecular weight is 288 g/mol. The zero-order valence-corrected chi connectivity index (χ0v) is 11.3. The van der Waals surface area contributed by atoms with Crippen LogP contribution in [0.25, 0.3) is 11.1 Å². The van der Waals surface area contributed by atoms with Gasteiger partial charge in [0.25, 0.3) is 5.91 Å². The summed E-state index contributed by atoms with van der Waals surface area (Å²) in [5.41, 5.74) is 2.52. The number of benzene rings is 2. The smallest absolute Gasteiger partial charge is 0.272 e. The SMILES string of the molecule is O=C1CN(c2ccc(-c3ccccc3)cc2)S(=O)(=O)N1. The van der Waals surface area contributed by atoms with Crippen molar-refractivity contribution >= 4 is 21.8 Å².